The van der Waals surface area contributed by atoms with E-state index in [-0.39, 0.29) is 11.3 Å². The van der Waals surface area contributed by atoms with Crippen LogP contribution in [0.5, 0.6) is 0 Å². The molecule has 0 aliphatic carbocycles. The van der Waals surface area contributed by atoms with Crippen LogP contribution in [0.25, 0.3) is 0 Å². The zero-order valence-corrected chi connectivity index (χ0v) is 8.82. The van der Waals surface area contributed by atoms with Crippen molar-refractivity contribution in [3.8, 4) is 0 Å². The summed E-state index contributed by atoms with van der Waals surface area (Å²) in [6.45, 7) is 0. The van der Waals surface area contributed by atoms with Gasteiger partial charge in [-0.05, 0) is 18.2 Å². The van der Waals surface area contributed by atoms with Crippen LogP contribution in [0.3, 0.4) is 0 Å². The van der Waals surface area contributed by atoms with Gasteiger partial charge in [0.25, 0.3) is 0 Å². The van der Waals surface area contributed by atoms with Crippen LogP contribution < -0.4 is 5.32 Å². The van der Waals surface area contributed by atoms with Gasteiger partial charge in [-0.2, -0.15) is 0 Å². The fourth-order valence-corrected chi connectivity index (χ4v) is 0.981. The van der Waals surface area contributed by atoms with Gasteiger partial charge in [-0.1, -0.05) is 0 Å². The van der Waals surface area contributed by atoms with E-state index in [0.717, 1.165) is 18.2 Å². The number of rotatable bonds is 2. The van der Waals surface area contributed by atoms with Gasteiger partial charge in [0.15, 0.2) is 0 Å². The Morgan fingerprint density at radius 1 is 1.38 bits per heavy atom. The van der Waals surface area contributed by atoms with Crippen LogP contribution in [0.1, 0.15) is 10.4 Å². The van der Waals surface area contributed by atoms with Gasteiger partial charge in [0.2, 0.25) is 0 Å². The molecule has 0 radical (unpaired) electrons. The monoisotopic (exact) mass is 226 g/mol. The molecule has 0 aliphatic heterocycles. The topological polar surface area (TPSA) is 69.6 Å². The summed E-state index contributed by atoms with van der Waals surface area (Å²) in [5.41, 5.74) is -0.242. The molecule has 16 heavy (non-hydrogen) atoms. The Hall–Kier alpha value is -2.11. The Morgan fingerprint density at radius 3 is 2.50 bits per heavy atom. The van der Waals surface area contributed by atoms with Gasteiger partial charge < -0.3 is 15.3 Å². The van der Waals surface area contributed by atoms with E-state index in [1.165, 1.54) is 19.0 Å². The van der Waals surface area contributed by atoms with Gasteiger partial charge in [-0.3, -0.25) is 0 Å². The minimum absolute atomic E-state index is 0.0875. The van der Waals surface area contributed by atoms with E-state index in [4.69, 9.17) is 5.11 Å². The van der Waals surface area contributed by atoms with Crippen molar-refractivity contribution in [3.63, 3.8) is 0 Å². The van der Waals surface area contributed by atoms with Crippen molar-refractivity contribution in [2.75, 3.05) is 19.4 Å². The van der Waals surface area contributed by atoms with Gasteiger partial charge in [-0.15, -0.1) is 0 Å². The number of hydrogen-bond acceptors (Lipinski definition) is 2. The summed E-state index contributed by atoms with van der Waals surface area (Å²) in [6, 6.07) is 2.66. The summed E-state index contributed by atoms with van der Waals surface area (Å²) in [5, 5.41) is 11.0. The number of halogens is 1. The summed E-state index contributed by atoms with van der Waals surface area (Å²) >= 11 is 0. The van der Waals surface area contributed by atoms with E-state index in [0.29, 0.717) is 0 Å². The summed E-state index contributed by atoms with van der Waals surface area (Å²) in [4.78, 5) is 23.1. The summed E-state index contributed by atoms with van der Waals surface area (Å²) < 4.78 is 13.2. The molecule has 1 aromatic rings. The first-order valence-electron chi connectivity index (χ1n) is 4.43. The second-order valence-corrected chi connectivity index (χ2v) is 3.32. The average Bonchev–Trinajstić information content (AvgIpc) is 2.20. The van der Waals surface area contributed by atoms with Crippen LogP contribution in [0.2, 0.25) is 0 Å². The number of carboxylic acid groups (broad SMARTS) is 1. The van der Waals surface area contributed by atoms with Crippen LogP contribution >= 0.6 is 0 Å². The maximum atomic E-state index is 13.2. The maximum absolute atomic E-state index is 13.2. The Labute approximate surface area is 91.5 Å². The molecule has 0 atom stereocenters. The van der Waals surface area contributed by atoms with Crippen molar-refractivity contribution in [2.45, 2.75) is 0 Å². The van der Waals surface area contributed by atoms with Gasteiger partial charge >= 0.3 is 12.0 Å². The standard InChI is InChI=1S/C10H11FN2O3/c1-13(2)10(16)12-8-5-6(9(14)15)3-4-7(8)11/h3-5H,1-2H3,(H,12,16)(H,14,15). The molecule has 0 bridgehead atoms. The first-order valence-corrected chi connectivity index (χ1v) is 4.43. The Kier molecular flexibility index (Phi) is 3.44. The number of benzene rings is 1. The predicted octanol–water partition coefficient (Wildman–Crippen LogP) is 1.62. The number of carboxylic acids is 1. The Morgan fingerprint density at radius 2 is 2.00 bits per heavy atom. The molecular weight excluding hydrogens is 215 g/mol. The third kappa shape index (κ3) is 2.69. The van der Waals surface area contributed by atoms with Crippen molar-refractivity contribution in [2.24, 2.45) is 0 Å². The highest BCUT2D eigenvalue weighted by molar-refractivity contribution is 5.93. The molecule has 2 amide bonds. The lowest BCUT2D eigenvalue weighted by Gasteiger charge is -2.12. The molecule has 1 aromatic carbocycles. The molecule has 0 aromatic heterocycles. The van der Waals surface area contributed by atoms with E-state index in [2.05, 4.69) is 5.32 Å². The van der Waals surface area contributed by atoms with Crippen molar-refractivity contribution >= 4 is 17.7 Å². The lowest BCUT2D eigenvalue weighted by atomic mass is 10.2. The lowest BCUT2D eigenvalue weighted by Crippen LogP contribution is -2.27. The zero-order chi connectivity index (χ0) is 12.3. The molecule has 0 heterocycles. The van der Waals surface area contributed by atoms with E-state index < -0.39 is 17.8 Å². The number of hydrogen-bond donors (Lipinski definition) is 2. The van der Waals surface area contributed by atoms with E-state index in [1.54, 1.807) is 0 Å². The second kappa shape index (κ2) is 4.61. The largest absolute Gasteiger partial charge is 0.478 e. The molecule has 1 rings (SSSR count). The molecule has 0 unspecified atom stereocenters. The number of carbonyl (C=O) groups excluding carboxylic acids is 1. The number of amides is 2. The third-order valence-corrected chi connectivity index (χ3v) is 1.86. The van der Waals surface area contributed by atoms with Crippen molar-refractivity contribution in [1.82, 2.24) is 4.90 Å². The van der Waals surface area contributed by atoms with Crippen molar-refractivity contribution in [3.05, 3.63) is 29.6 Å². The van der Waals surface area contributed by atoms with Crippen LogP contribution in [0.15, 0.2) is 18.2 Å². The zero-order valence-electron chi connectivity index (χ0n) is 8.82. The summed E-state index contributed by atoms with van der Waals surface area (Å²) in [6.07, 6.45) is 0. The van der Waals surface area contributed by atoms with Crippen LogP contribution in [0, 0.1) is 5.82 Å². The molecule has 0 spiro atoms. The fourth-order valence-electron chi connectivity index (χ4n) is 0.981. The Balaban J connectivity index is 2.99. The Bertz CT molecular complexity index is 432. The predicted molar refractivity (Wildman–Crippen MR) is 56.1 cm³/mol. The highest BCUT2D eigenvalue weighted by Gasteiger charge is 2.11. The molecule has 5 nitrogen and oxygen atoms in total. The number of nitrogens with zero attached hydrogens (tertiary/aromatic N) is 1. The summed E-state index contributed by atoms with van der Waals surface area (Å²) in [7, 11) is 2.99. The highest BCUT2D eigenvalue weighted by Crippen LogP contribution is 2.16. The molecule has 2 N–H and O–H groups in total. The lowest BCUT2D eigenvalue weighted by molar-refractivity contribution is 0.0697. The number of anilines is 1. The molecule has 0 aliphatic rings. The fraction of sp³-hybridized carbons (Fsp3) is 0.200. The van der Waals surface area contributed by atoms with Crippen molar-refractivity contribution in [1.29, 1.82) is 0 Å². The maximum Gasteiger partial charge on any atom is 0.335 e. The van der Waals surface area contributed by atoms with E-state index in [9.17, 15) is 14.0 Å². The molecular formula is C10H11FN2O3. The highest BCUT2D eigenvalue weighted by atomic mass is 19.1. The first kappa shape index (κ1) is 12.0. The quantitative estimate of drug-likeness (QED) is 0.805. The van der Waals surface area contributed by atoms with Gasteiger partial charge in [0.05, 0.1) is 11.3 Å². The minimum Gasteiger partial charge on any atom is -0.478 e. The SMILES string of the molecule is CN(C)C(=O)Nc1cc(C(=O)O)ccc1F. The first-order chi connectivity index (χ1) is 7.41. The normalized spacial score (nSPS) is 9.69. The second-order valence-electron chi connectivity index (χ2n) is 3.32. The smallest absolute Gasteiger partial charge is 0.335 e. The van der Waals surface area contributed by atoms with Crippen LogP contribution in [0.4, 0.5) is 14.9 Å². The van der Waals surface area contributed by atoms with E-state index >= 15 is 0 Å². The molecule has 86 valence electrons. The van der Waals surface area contributed by atoms with Gasteiger partial charge in [0.1, 0.15) is 5.82 Å². The molecule has 0 fully saturated rings. The van der Waals surface area contributed by atoms with Crippen LogP contribution in [-0.4, -0.2) is 36.1 Å². The summed E-state index contributed by atoms with van der Waals surface area (Å²) in [5.74, 6) is -1.86. The molecule has 6 heteroatoms. The van der Waals surface area contributed by atoms with Crippen molar-refractivity contribution < 1.29 is 19.1 Å². The van der Waals surface area contributed by atoms with Gasteiger partial charge in [-0.25, -0.2) is 14.0 Å². The minimum atomic E-state index is -1.18. The number of urea groups is 1. The average molecular weight is 226 g/mol. The van der Waals surface area contributed by atoms with Gasteiger partial charge in [0, 0.05) is 14.1 Å². The van der Waals surface area contributed by atoms with Crippen LogP contribution in [-0.2, 0) is 0 Å². The number of carbonyl (C=O) groups is 2. The number of nitrogens with one attached hydrogen (secondary N) is 1. The molecule has 0 saturated carbocycles. The number of aromatic carboxylic acids is 1. The molecule has 0 saturated heterocycles. The third-order valence-electron chi connectivity index (χ3n) is 1.86. The van der Waals surface area contributed by atoms with E-state index in [1.807, 2.05) is 0 Å².